The summed E-state index contributed by atoms with van der Waals surface area (Å²) < 4.78 is 0. The van der Waals surface area contributed by atoms with E-state index in [9.17, 15) is 9.59 Å². The van der Waals surface area contributed by atoms with Crippen molar-refractivity contribution in [2.75, 3.05) is 43.4 Å². The number of carbonyl (C=O) groups excluding carboxylic acids is 2. The molecule has 0 spiro atoms. The van der Waals surface area contributed by atoms with Crippen LogP contribution < -0.4 is 16.0 Å². The lowest BCUT2D eigenvalue weighted by molar-refractivity contribution is -0.131. The number of nitrogens with zero attached hydrogens (tertiary/aromatic N) is 2. The minimum atomic E-state index is -0.197. The average molecular weight is 439 g/mol. The second-order valence-corrected chi connectivity index (χ2v) is 6.65. The van der Waals surface area contributed by atoms with Gasteiger partial charge in [0.1, 0.15) is 0 Å². The third kappa shape index (κ3) is 6.84. The topological polar surface area (TPSA) is 78.7 Å². The van der Waals surface area contributed by atoms with Crippen LogP contribution in [0.5, 0.6) is 0 Å². The van der Waals surface area contributed by atoms with Crippen molar-refractivity contribution in [3.05, 3.63) is 60.2 Å². The van der Waals surface area contributed by atoms with E-state index in [1.807, 2.05) is 23.1 Å². The number of piperazine rings is 1. The number of carbonyl (C=O) groups is 2. The number of nitrogen functional groups attached to an aromatic ring is 1. The normalized spacial score (nSPS) is 13.1. The third-order valence-corrected chi connectivity index (χ3v) is 4.81. The van der Waals surface area contributed by atoms with E-state index < -0.39 is 0 Å². The molecular formula is C21H28Cl2N4O2. The standard InChI is InChI=1S/C21H26N4O2.2ClH/c22-19-10-5-4-9-18(19)21(27)23-12-6-11-20(26)25-15-13-24(14-16-25)17-7-2-1-3-8-17;;/h1-5,7-10H,6,11-16,22H2,(H,23,27);2*1H. The lowest BCUT2D eigenvalue weighted by atomic mass is 10.1. The number of nitrogens with one attached hydrogen (secondary N) is 1. The molecule has 2 aromatic carbocycles. The fourth-order valence-corrected chi connectivity index (χ4v) is 3.25. The number of nitrogens with two attached hydrogens (primary N) is 1. The summed E-state index contributed by atoms with van der Waals surface area (Å²) in [4.78, 5) is 28.7. The van der Waals surface area contributed by atoms with Crippen molar-refractivity contribution >= 4 is 48.0 Å². The Hall–Kier alpha value is -2.44. The van der Waals surface area contributed by atoms with Gasteiger partial charge in [0.05, 0.1) is 5.56 Å². The number of halogens is 2. The van der Waals surface area contributed by atoms with Crippen LogP contribution in [0.25, 0.3) is 0 Å². The van der Waals surface area contributed by atoms with Gasteiger partial charge in [-0.1, -0.05) is 30.3 Å². The predicted molar refractivity (Wildman–Crippen MR) is 122 cm³/mol. The lowest BCUT2D eigenvalue weighted by Crippen LogP contribution is -2.48. The van der Waals surface area contributed by atoms with E-state index in [4.69, 9.17) is 5.73 Å². The smallest absolute Gasteiger partial charge is 0.253 e. The van der Waals surface area contributed by atoms with Gasteiger partial charge in [0.25, 0.3) is 5.91 Å². The first-order valence-corrected chi connectivity index (χ1v) is 9.35. The quantitative estimate of drug-likeness (QED) is 0.536. The van der Waals surface area contributed by atoms with Crippen molar-refractivity contribution in [2.24, 2.45) is 0 Å². The first kappa shape index (κ1) is 24.6. The van der Waals surface area contributed by atoms with Crippen molar-refractivity contribution in [2.45, 2.75) is 12.8 Å². The number of hydrogen-bond donors (Lipinski definition) is 2. The van der Waals surface area contributed by atoms with Crippen LogP contribution in [0.15, 0.2) is 54.6 Å². The number of hydrogen-bond acceptors (Lipinski definition) is 4. The van der Waals surface area contributed by atoms with Crippen molar-refractivity contribution in [1.29, 1.82) is 0 Å². The molecule has 0 unspecified atom stereocenters. The third-order valence-electron chi connectivity index (χ3n) is 4.81. The van der Waals surface area contributed by atoms with Gasteiger partial charge < -0.3 is 20.9 Å². The van der Waals surface area contributed by atoms with Crippen LogP contribution in [0.4, 0.5) is 11.4 Å². The highest BCUT2D eigenvalue weighted by molar-refractivity contribution is 5.99. The van der Waals surface area contributed by atoms with Crippen LogP contribution in [0, 0.1) is 0 Å². The summed E-state index contributed by atoms with van der Waals surface area (Å²) >= 11 is 0. The Kier molecular flexibility index (Phi) is 10.3. The molecule has 29 heavy (non-hydrogen) atoms. The Balaban J connectivity index is 0.00000210. The maximum absolute atomic E-state index is 12.4. The molecule has 0 aliphatic carbocycles. The molecule has 1 aliphatic heterocycles. The molecule has 3 rings (SSSR count). The summed E-state index contributed by atoms with van der Waals surface area (Å²) in [6.07, 6.45) is 1.06. The fraction of sp³-hybridized carbons (Fsp3) is 0.333. The molecule has 1 saturated heterocycles. The van der Waals surface area contributed by atoms with Crippen LogP contribution in [-0.2, 0) is 4.79 Å². The molecule has 3 N–H and O–H groups in total. The van der Waals surface area contributed by atoms with E-state index in [1.165, 1.54) is 5.69 Å². The molecule has 0 atom stereocenters. The predicted octanol–water partition coefficient (Wildman–Crippen LogP) is 2.97. The van der Waals surface area contributed by atoms with Gasteiger partial charge in [-0.25, -0.2) is 0 Å². The van der Waals surface area contributed by atoms with Crippen molar-refractivity contribution in [3.8, 4) is 0 Å². The molecule has 2 amide bonds. The van der Waals surface area contributed by atoms with E-state index in [2.05, 4.69) is 22.3 Å². The van der Waals surface area contributed by atoms with Crippen LogP contribution in [0.1, 0.15) is 23.2 Å². The van der Waals surface area contributed by atoms with E-state index >= 15 is 0 Å². The maximum Gasteiger partial charge on any atom is 0.253 e. The van der Waals surface area contributed by atoms with Crippen LogP contribution in [-0.4, -0.2) is 49.4 Å². The largest absolute Gasteiger partial charge is 0.398 e. The summed E-state index contributed by atoms with van der Waals surface area (Å²) in [6, 6.07) is 17.2. The molecule has 1 fully saturated rings. The highest BCUT2D eigenvalue weighted by Gasteiger charge is 2.20. The Morgan fingerprint density at radius 3 is 2.17 bits per heavy atom. The number of amides is 2. The van der Waals surface area contributed by atoms with E-state index in [1.54, 1.807) is 24.3 Å². The highest BCUT2D eigenvalue weighted by atomic mass is 35.5. The minimum absolute atomic E-state index is 0. The number of rotatable bonds is 6. The van der Waals surface area contributed by atoms with Crippen molar-refractivity contribution in [3.63, 3.8) is 0 Å². The Morgan fingerprint density at radius 1 is 0.897 bits per heavy atom. The first-order chi connectivity index (χ1) is 13.1. The number of para-hydroxylation sites is 2. The van der Waals surface area contributed by atoms with Crippen molar-refractivity contribution < 1.29 is 9.59 Å². The highest BCUT2D eigenvalue weighted by Crippen LogP contribution is 2.16. The summed E-state index contributed by atoms with van der Waals surface area (Å²) in [5.74, 6) is -0.0480. The fourth-order valence-electron chi connectivity index (χ4n) is 3.25. The molecule has 0 radical (unpaired) electrons. The average Bonchev–Trinajstić information content (AvgIpc) is 2.72. The van der Waals surface area contributed by atoms with Gasteiger partial charge in [0.15, 0.2) is 0 Å². The van der Waals surface area contributed by atoms with Gasteiger partial charge >= 0.3 is 0 Å². The summed E-state index contributed by atoms with van der Waals surface area (Å²) in [5.41, 5.74) is 7.93. The molecule has 0 bridgehead atoms. The van der Waals surface area contributed by atoms with Gasteiger partial charge in [-0.3, -0.25) is 9.59 Å². The molecule has 0 aromatic heterocycles. The van der Waals surface area contributed by atoms with Gasteiger partial charge in [0, 0.05) is 50.5 Å². The molecule has 6 nitrogen and oxygen atoms in total. The Morgan fingerprint density at radius 2 is 1.52 bits per heavy atom. The molecule has 8 heteroatoms. The Labute approximate surface area is 184 Å². The van der Waals surface area contributed by atoms with Gasteiger partial charge in [-0.15, -0.1) is 24.8 Å². The van der Waals surface area contributed by atoms with E-state index in [0.717, 1.165) is 26.2 Å². The van der Waals surface area contributed by atoms with Crippen LogP contribution in [0.3, 0.4) is 0 Å². The van der Waals surface area contributed by atoms with Gasteiger partial charge in [-0.2, -0.15) is 0 Å². The number of benzene rings is 2. The van der Waals surface area contributed by atoms with E-state index in [-0.39, 0.29) is 36.6 Å². The first-order valence-electron chi connectivity index (χ1n) is 9.35. The summed E-state index contributed by atoms with van der Waals surface area (Å²) in [6.45, 7) is 3.63. The van der Waals surface area contributed by atoms with Gasteiger partial charge in [0.2, 0.25) is 5.91 Å². The van der Waals surface area contributed by atoms with Crippen LogP contribution >= 0.6 is 24.8 Å². The second kappa shape index (κ2) is 12.2. The molecular weight excluding hydrogens is 411 g/mol. The van der Waals surface area contributed by atoms with Crippen LogP contribution in [0.2, 0.25) is 0 Å². The maximum atomic E-state index is 12.4. The summed E-state index contributed by atoms with van der Waals surface area (Å²) in [5, 5.41) is 2.83. The zero-order valence-electron chi connectivity index (χ0n) is 16.3. The zero-order chi connectivity index (χ0) is 19.1. The van der Waals surface area contributed by atoms with E-state index in [0.29, 0.717) is 30.6 Å². The SMILES string of the molecule is Cl.Cl.Nc1ccccc1C(=O)NCCCC(=O)N1CCN(c2ccccc2)CC1. The lowest BCUT2D eigenvalue weighted by Gasteiger charge is -2.36. The molecule has 0 saturated carbocycles. The molecule has 1 aliphatic rings. The van der Waals surface area contributed by atoms with Crippen molar-refractivity contribution in [1.82, 2.24) is 10.2 Å². The summed E-state index contributed by atoms with van der Waals surface area (Å²) in [7, 11) is 0. The minimum Gasteiger partial charge on any atom is -0.398 e. The second-order valence-electron chi connectivity index (χ2n) is 6.65. The molecule has 1 heterocycles. The monoisotopic (exact) mass is 438 g/mol. The molecule has 2 aromatic rings. The number of anilines is 2. The van der Waals surface area contributed by atoms with Gasteiger partial charge in [-0.05, 0) is 30.7 Å². The molecule has 158 valence electrons. The Bertz CT molecular complexity index is 781. The zero-order valence-corrected chi connectivity index (χ0v) is 17.9.